The minimum atomic E-state index is -0.971. The van der Waals surface area contributed by atoms with Gasteiger partial charge in [-0.25, -0.2) is 9.59 Å². The normalized spacial score (nSPS) is 11.2. The molecule has 9 heteroatoms. The number of aliphatic hydroxyl groups excluding tert-OH is 1. The van der Waals surface area contributed by atoms with Crippen LogP contribution in [0, 0.1) is 0 Å². The van der Waals surface area contributed by atoms with Crippen molar-refractivity contribution in [1.82, 2.24) is 0 Å². The number of fused-ring (bicyclic) bond motifs is 2. The van der Waals surface area contributed by atoms with Gasteiger partial charge < -0.3 is 32.9 Å². The molecule has 0 saturated heterocycles. The van der Waals surface area contributed by atoms with Crippen molar-refractivity contribution in [2.24, 2.45) is 0 Å². The molecule has 0 fully saturated rings. The quantitative estimate of drug-likeness (QED) is 0.189. The van der Waals surface area contributed by atoms with Crippen molar-refractivity contribution < 1.29 is 32.9 Å². The minimum absolute atomic E-state index is 0.0695. The summed E-state index contributed by atoms with van der Waals surface area (Å²) in [5.74, 6) is 1.98. The third-order valence-corrected chi connectivity index (χ3v) is 7.09. The molecule has 44 heavy (non-hydrogen) atoms. The average molecular weight is 593 g/mol. The number of benzene rings is 4. The lowest BCUT2D eigenvalue weighted by molar-refractivity contribution is 0.0627. The predicted molar refractivity (Wildman–Crippen MR) is 166 cm³/mol. The summed E-state index contributed by atoms with van der Waals surface area (Å²) in [7, 11) is 3.09. The van der Waals surface area contributed by atoms with Crippen LogP contribution in [0.15, 0.2) is 115 Å². The Labute approximate surface area is 251 Å². The Morgan fingerprint density at radius 2 is 1.02 bits per heavy atom. The van der Waals surface area contributed by atoms with Crippen LogP contribution in [0.5, 0.6) is 23.0 Å². The summed E-state index contributed by atoms with van der Waals surface area (Å²) in [5.41, 5.74) is 1.75. The highest BCUT2D eigenvalue weighted by Gasteiger charge is 2.15. The van der Waals surface area contributed by atoms with Gasteiger partial charge in [-0.05, 0) is 48.5 Å². The molecule has 0 aliphatic heterocycles. The summed E-state index contributed by atoms with van der Waals surface area (Å²) in [6.45, 7) is -0.139. The van der Waals surface area contributed by atoms with Gasteiger partial charge in [0.25, 0.3) is 0 Å². The van der Waals surface area contributed by atoms with Crippen LogP contribution >= 0.6 is 0 Å². The fourth-order valence-corrected chi connectivity index (χ4v) is 4.91. The molecule has 0 aliphatic rings. The molecule has 0 spiro atoms. The van der Waals surface area contributed by atoms with Crippen LogP contribution in [-0.2, 0) is 0 Å². The van der Waals surface area contributed by atoms with Crippen LogP contribution in [-0.4, -0.2) is 38.6 Å². The highest BCUT2D eigenvalue weighted by atomic mass is 16.5. The number of para-hydroxylation sites is 2. The molecule has 0 amide bonds. The van der Waals surface area contributed by atoms with Crippen molar-refractivity contribution in [2.75, 3.05) is 27.4 Å². The van der Waals surface area contributed by atoms with E-state index in [-0.39, 0.29) is 13.2 Å². The van der Waals surface area contributed by atoms with Crippen LogP contribution in [0.2, 0.25) is 0 Å². The Balaban J connectivity index is 1.10. The van der Waals surface area contributed by atoms with Gasteiger partial charge in [-0.15, -0.1) is 0 Å². The van der Waals surface area contributed by atoms with Crippen molar-refractivity contribution in [3.05, 3.63) is 118 Å². The fraction of sp³-hybridized carbons (Fsp3) is 0.143. The van der Waals surface area contributed by atoms with Crippen LogP contribution in [0.25, 0.3) is 44.2 Å². The lowest BCUT2D eigenvalue weighted by atomic mass is 10.0. The SMILES string of the molecule is COc1ccccc1-c1cc2ccc(OCC(O)COc3ccc4cc(-c5ccccc5OC)c(=O)oc4c3)cc2oc1=O. The Morgan fingerprint density at radius 3 is 1.45 bits per heavy atom. The summed E-state index contributed by atoms with van der Waals surface area (Å²) in [6, 6.07) is 28.2. The van der Waals surface area contributed by atoms with E-state index in [0.29, 0.717) is 67.2 Å². The number of aliphatic hydroxyl groups is 1. The van der Waals surface area contributed by atoms with E-state index in [4.69, 9.17) is 27.8 Å². The molecule has 0 atom stereocenters. The zero-order valence-corrected chi connectivity index (χ0v) is 23.9. The fourth-order valence-electron chi connectivity index (χ4n) is 4.91. The molecule has 4 aromatic carbocycles. The number of rotatable bonds is 10. The Bertz CT molecular complexity index is 1930. The zero-order chi connectivity index (χ0) is 30.6. The molecular weight excluding hydrogens is 564 g/mol. The molecule has 0 unspecified atom stereocenters. The first-order valence-electron chi connectivity index (χ1n) is 13.8. The molecule has 0 aliphatic carbocycles. The maximum atomic E-state index is 12.8. The van der Waals surface area contributed by atoms with Gasteiger partial charge in [-0.2, -0.15) is 0 Å². The van der Waals surface area contributed by atoms with Crippen molar-refractivity contribution in [3.8, 4) is 45.3 Å². The molecule has 1 N–H and O–H groups in total. The van der Waals surface area contributed by atoms with Crippen molar-refractivity contribution in [3.63, 3.8) is 0 Å². The van der Waals surface area contributed by atoms with Crippen LogP contribution in [0.1, 0.15) is 0 Å². The predicted octanol–water partition coefficient (Wildman–Crippen LogP) is 6.07. The molecule has 6 aromatic rings. The van der Waals surface area contributed by atoms with E-state index in [2.05, 4.69) is 0 Å². The number of ether oxygens (including phenoxy) is 4. The lowest BCUT2D eigenvalue weighted by Gasteiger charge is -2.14. The van der Waals surface area contributed by atoms with Gasteiger partial charge in [0.1, 0.15) is 53.5 Å². The van der Waals surface area contributed by atoms with E-state index < -0.39 is 17.4 Å². The van der Waals surface area contributed by atoms with E-state index in [1.807, 2.05) is 24.3 Å². The lowest BCUT2D eigenvalue weighted by Crippen LogP contribution is -2.25. The zero-order valence-electron chi connectivity index (χ0n) is 23.9. The average Bonchev–Trinajstić information content (AvgIpc) is 3.05. The topological polar surface area (TPSA) is 118 Å². The maximum Gasteiger partial charge on any atom is 0.344 e. The Morgan fingerprint density at radius 1 is 0.591 bits per heavy atom. The summed E-state index contributed by atoms with van der Waals surface area (Å²) in [6.07, 6.45) is -0.971. The molecule has 2 heterocycles. The van der Waals surface area contributed by atoms with Crippen molar-refractivity contribution >= 4 is 21.9 Å². The molecule has 6 rings (SSSR count). The summed E-state index contributed by atoms with van der Waals surface area (Å²) < 4.78 is 33.4. The first-order chi connectivity index (χ1) is 21.4. The van der Waals surface area contributed by atoms with Gasteiger partial charge in [0.15, 0.2) is 0 Å². The Hall–Kier alpha value is -5.54. The molecular formula is C35H28O9. The minimum Gasteiger partial charge on any atom is -0.496 e. The molecule has 0 bridgehead atoms. The summed E-state index contributed by atoms with van der Waals surface area (Å²) in [5, 5.41) is 11.9. The largest absolute Gasteiger partial charge is 0.496 e. The van der Waals surface area contributed by atoms with Crippen molar-refractivity contribution in [2.45, 2.75) is 6.10 Å². The first-order valence-corrected chi connectivity index (χ1v) is 13.8. The van der Waals surface area contributed by atoms with Crippen LogP contribution < -0.4 is 30.2 Å². The standard InChI is InChI=1S/C35H28O9/c1-39-30-9-5-3-7-26(30)28-15-21-11-13-24(17-32(21)43-34(28)37)41-19-23(36)20-42-25-14-12-22-16-29(35(38)44-33(22)18-25)27-8-4-6-10-31(27)40-2/h3-18,23,36H,19-20H2,1-2H3. The van der Waals surface area contributed by atoms with Gasteiger partial charge in [0.05, 0.1) is 25.3 Å². The molecule has 0 saturated carbocycles. The Kier molecular flexibility index (Phi) is 8.03. The van der Waals surface area contributed by atoms with E-state index in [1.54, 1.807) is 87.0 Å². The monoisotopic (exact) mass is 592 g/mol. The van der Waals surface area contributed by atoms with Crippen molar-refractivity contribution in [1.29, 1.82) is 0 Å². The van der Waals surface area contributed by atoms with E-state index in [1.165, 1.54) is 0 Å². The third kappa shape index (κ3) is 5.86. The molecule has 9 nitrogen and oxygen atoms in total. The molecule has 222 valence electrons. The second-order valence-corrected chi connectivity index (χ2v) is 9.97. The highest BCUT2D eigenvalue weighted by molar-refractivity contribution is 5.85. The first kappa shape index (κ1) is 28.6. The number of methoxy groups -OCH3 is 2. The van der Waals surface area contributed by atoms with Gasteiger partial charge in [0, 0.05) is 34.0 Å². The van der Waals surface area contributed by atoms with Crippen LogP contribution in [0.3, 0.4) is 0 Å². The van der Waals surface area contributed by atoms with Gasteiger partial charge in [0.2, 0.25) is 0 Å². The van der Waals surface area contributed by atoms with E-state index in [9.17, 15) is 14.7 Å². The second-order valence-electron chi connectivity index (χ2n) is 9.97. The van der Waals surface area contributed by atoms with Gasteiger partial charge in [-0.3, -0.25) is 0 Å². The summed E-state index contributed by atoms with van der Waals surface area (Å²) >= 11 is 0. The van der Waals surface area contributed by atoms with E-state index in [0.717, 1.165) is 0 Å². The summed E-state index contributed by atoms with van der Waals surface area (Å²) in [4.78, 5) is 25.5. The molecule has 2 aromatic heterocycles. The molecule has 0 radical (unpaired) electrons. The van der Waals surface area contributed by atoms with E-state index >= 15 is 0 Å². The van der Waals surface area contributed by atoms with Gasteiger partial charge >= 0.3 is 11.3 Å². The smallest absolute Gasteiger partial charge is 0.344 e. The number of hydrogen-bond acceptors (Lipinski definition) is 9. The third-order valence-electron chi connectivity index (χ3n) is 7.09. The van der Waals surface area contributed by atoms with Crippen LogP contribution in [0.4, 0.5) is 0 Å². The number of hydrogen-bond donors (Lipinski definition) is 1. The van der Waals surface area contributed by atoms with Gasteiger partial charge in [-0.1, -0.05) is 36.4 Å². The maximum absolute atomic E-state index is 12.8. The second kappa shape index (κ2) is 12.4. The highest BCUT2D eigenvalue weighted by Crippen LogP contribution is 2.32.